The zero-order chi connectivity index (χ0) is 15.5. The van der Waals surface area contributed by atoms with Crippen LogP contribution in [-0.4, -0.2) is 35.6 Å². The summed E-state index contributed by atoms with van der Waals surface area (Å²) in [4.78, 5) is 8.28. The minimum absolute atomic E-state index is 0. The first-order chi connectivity index (χ1) is 10.9. The number of aliphatic imine (C=N–C) groups is 1. The number of benzene rings is 1. The van der Waals surface area contributed by atoms with E-state index in [-0.39, 0.29) is 24.0 Å². The summed E-state index contributed by atoms with van der Waals surface area (Å²) in [7, 11) is 1.81. The monoisotopic (exact) mass is 427 g/mol. The van der Waals surface area contributed by atoms with E-state index in [0.717, 1.165) is 44.9 Å². The molecule has 1 heterocycles. The molecule has 5 nitrogen and oxygen atoms in total. The molecule has 2 rings (SSSR count). The highest BCUT2D eigenvalue weighted by Crippen LogP contribution is 2.01. The van der Waals surface area contributed by atoms with E-state index in [1.807, 2.05) is 19.6 Å². The molecule has 0 saturated carbocycles. The van der Waals surface area contributed by atoms with Crippen molar-refractivity contribution in [2.45, 2.75) is 25.8 Å². The molecule has 2 N–H and O–H groups in total. The average Bonchev–Trinajstić information content (AvgIpc) is 3.08. The van der Waals surface area contributed by atoms with Crippen molar-refractivity contribution in [2.75, 3.05) is 20.1 Å². The lowest BCUT2D eigenvalue weighted by molar-refractivity contribution is 0.623. The molecular formula is C17H26IN5. The molecule has 0 unspecified atom stereocenters. The number of halogens is 1. The number of guanidine groups is 1. The van der Waals surface area contributed by atoms with Crippen LogP contribution in [-0.2, 0) is 13.0 Å². The van der Waals surface area contributed by atoms with Crippen LogP contribution in [0.4, 0.5) is 0 Å². The van der Waals surface area contributed by atoms with E-state index in [0.29, 0.717) is 0 Å². The van der Waals surface area contributed by atoms with Gasteiger partial charge in [-0.05, 0) is 24.8 Å². The van der Waals surface area contributed by atoms with Crippen molar-refractivity contribution < 1.29 is 0 Å². The van der Waals surface area contributed by atoms with Gasteiger partial charge in [-0.3, -0.25) is 4.99 Å². The fourth-order valence-electron chi connectivity index (χ4n) is 2.25. The number of aromatic nitrogens is 2. The van der Waals surface area contributed by atoms with Gasteiger partial charge in [0.1, 0.15) is 0 Å². The topological polar surface area (TPSA) is 54.2 Å². The van der Waals surface area contributed by atoms with Gasteiger partial charge in [0.15, 0.2) is 5.96 Å². The molecule has 2 aromatic rings. The third-order valence-electron chi connectivity index (χ3n) is 3.45. The summed E-state index contributed by atoms with van der Waals surface area (Å²) in [6, 6.07) is 10.6. The fraction of sp³-hybridized carbons (Fsp3) is 0.412. The SMILES string of the molecule is CN=C(NCCCc1ccccc1)NCCCn1ccnc1.I. The Bertz CT molecular complexity index is 539. The fourth-order valence-corrected chi connectivity index (χ4v) is 2.25. The van der Waals surface area contributed by atoms with Crippen LogP contribution in [0.25, 0.3) is 0 Å². The number of hydrogen-bond acceptors (Lipinski definition) is 2. The van der Waals surface area contributed by atoms with Gasteiger partial charge in [-0.2, -0.15) is 0 Å². The van der Waals surface area contributed by atoms with E-state index in [4.69, 9.17) is 0 Å². The lowest BCUT2D eigenvalue weighted by Gasteiger charge is -2.12. The summed E-state index contributed by atoms with van der Waals surface area (Å²) in [5, 5.41) is 6.69. The Morgan fingerprint density at radius 2 is 1.87 bits per heavy atom. The maximum atomic E-state index is 4.24. The number of nitrogens with one attached hydrogen (secondary N) is 2. The Labute approximate surface area is 155 Å². The molecule has 0 aliphatic rings. The Hall–Kier alpha value is -1.57. The maximum Gasteiger partial charge on any atom is 0.190 e. The Morgan fingerprint density at radius 1 is 1.13 bits per heavy atom. The Balaban J connectivity index is 0.00000264. The van der Waals surface area contributed by atoms with Gasteiger partial charge in [0.2, 0.25) is 0 Å². The minimum Gasteiger partial charge on any atom is -0.356 e. The second kappa shape index (κ2) is 11.9. The Morgan fingerprint density at radius 3 is 2.52 bits per heavy atom. The molecule has 0 fully saturated rings. The highest BCUT2D eigenvalue weighted by atomic mass is 127. The van der Waals surface area contributed by atoms with E-state index >= 15 is 0 Å². The van der Waals surface area contributed by atoms with Crippen LogP contribution in [0.2, 0.25) is 0 Å². The third kappa shape index (κ3) is 8.01. The van der Waals surface area contributed by atoms with Crippen molar-refractivity contribution in [2.24, 2.45) is 4.99 Å². The molecule has 0 atom stereocenters. The molecule has 0 saturated heterocycles. The van der Waals surface area contributed by atoms with Gasteiger partial charge >= 0.3 is 0 Å². The molecule has 0 spiro atoms. The predicted octanol–water partition coefficient (Wildman–Crippen LogP) is 2.69. The smallest absolute Gasteiger partial charge is 0.190 e. The largest absolute Gasteiger partial charge is 0.356 e. The maximum absolute atomic E-state index is 4.24. The first kappa shape index (κ1) is 19.5. The molecule has 0 aliphatic heterocycles. The molecule has 126 valence electrons. The van der Waals surface area contributed by atoms with E-state index < -0.39 is 0 Å². The number of imidazole rings is 1. The quantitative estimate of drug-likeness (QED) is 0.295. The lowest BCUT2D eigenvalue weighted by atomic mass is 10.1. The molecule has 1 aromatic carbocycles. The second-order valence-electron chi connectivity index (χ2n) is 5.17. The van der Waals surface area contributed by atoms with E-state index in [1.54, 1.807) is 6.20 Å². The van der Waals surface area contributed by atoms with Crippen LogP contribution in [0.5, 0.6) is 0 Å². The predicted molar refractivity (Wildman–Crippen MR) is 106 cm³/mol. The molecule has 1 aromatic heterocycles. The number of nitrogens with zero attached hydrogens (tertiary/aromatic N) is 3. The van der Waals surface area contributed by atoms with Gasteiger partial charge in [0.05, 0.1) is 6.33 Å². The summed E-state index contributed by atoms with van der Waals surface area (Å²) in [5.74, 6) is 0.874. The normalized spacial score (nSPS) is 10.9. The molecule has 0 amide bonds. The van der Waals surface area contributed by atoms with Crippen LogP contribution in [0, 0.1) is 0 Å². The van der Waals surface area contributed by atoms with Gasteiger partial charge in [-0.1, -0.05) is 30.3 Å². The second-order valence-corrected chi connectivity index (χ2v) is 5.17. The van der Waals surface area contributed by atoms with Crippen molar-refractivity contribution in [1.82, 2.24) is 20.2 Å². The van der Waals surface area contributed by atoms with Crippen LogP contribution < -0.4 is 10.6 Å². The van der Waals surface area contributed by atoms with Crippen molar-refractivity contribution in [1.29, 1.82) is 0 Å². The molecule has 0 radical (unpaired) electrons. The number of aryl methyl sites for hydroxylation is 2. The Kier molecular flexibility index (Phi) is 10.1. The zero-order valence-electron chi connectivity index (χ0n) is 13.6. The van der Waals surface area contributed by atoms with E-state index in [1.165, 1.54) is 5.56 Å². The summed E-state index contributed by atoms with van der Waals surface area (Å²) >= 11 is 0. The highest BCUT2D eigenvalue weighted by Gasteiger charge is 1.97. The average molecular weight is 427 g/mol. The summed E-state index contributed by atoms with van der Waals surface area (Å²) in [5.41, 5.74) is 1.38. The molecule has 0 aliphatic carbocycles. The standard InChI is InChI=1S/C17H25N5.HI/c1-18-17(21-11-6-13-22-14-12-19-15-22)20-10-5-9-16-7-3-2-4-8-16;/h2-4,7-8,12,14-15H,5-6,9-11,13H2,1H3,(H2,18,20,21);1H. The number of hydrogen-bond donors (Lipinski definition) is 2. The van der Waals surface area contributed by atoms with Gasteiger partial charge in [-0.15, -0.1) is 24.0 Å². The summed E-state index contributed by atoms with van der Waals surface area (Å²) in [6.45, 7) is 2.80. The summed E-state index contributed by atoms with van der Waals surface area (Å²) < 4.78 is 2.08. The van der Waals surface area contributed by atoms with Crippen LogP contribution >= 0.6 is 24.0 Å². The molecule has 0 bridgehead atoms. The van der Waals surface area contributed by atoms with Crippen molar-refractivity contribution in [3.8, 4) is 0 Å². The van der Waals surface area contributed by atoms with Gasteiger partial charge in [0, 0.05) is 39.1 Å². The molecule has 23 heavy (non-hydrogen) atoms. The molecule has 6 heteroatoms. The lowest BCUT2D eigenvalue weighted by Crippen LogP contribution is -2.38. The van der Waals surface area contributed by atoms with Crippen LogP contribution in [0.3, 0.4) is 0 Å². The minimum atomic E-state index is 0. The van der Waals surface area contributed by atoms with Crippen molar-refractivity contribution in [3.05, 3.63) is 54.6 Å². The van der Waals surface area contributed by atoms with Crippen molar-refractivity contribution in [3.63, 3.8) is 0 Å². The van der Waals surface area contributed by atoms with Crippen LogP contribution in [0.1, 0.15) is 18.4 Å². The third-order valence-corrected chi connectivity index (χ3v) is 3.45. The first-order valence-corrected chi connectivity index (χ1v) is 7.82. The number of rotatable bonds is 8. The highest BCUT2D eigenvalue weighted by molar-refractivity contribution is 14.0. The van der Waals surface area contributed by atoms with E-state index in [9.17, 15) is 0 Å². The summed E-state index contributed by atoms with van der Waals surface area (Å²) in [6.07, 6.45) is 8.86. The van der Waals surface area contributed by atoms with Crippen molar-refractivity contribution >= 4 is 29.9 Å². The molecular weight excluding hydrogens is 401 g/mol. The van der Waals surface area contributed by atoms with Crippen LogP contribution in [0.15, 0.2) is 54.0 Å². The van der Waals surface area contributed by atoms with Gasteiger partial charge in [0.25, 0.3) is 0 Å². The first-order valence-electron chi connectivity index (χ1n) is 7.82. The van der Waals surface area contributed by atoms with Gasteiger partial charge in [-0.25, -0.2) is 4.98 Å². The zero-order valence-corrected chi connectivity index (χ0v) is 15.9. The van der Waals surface area contributed by atoms with E-state index in [2.05, 4.69) is 55.5 Å². The van der Waals surface area contributed by atoms with Gasteiger partial charge < -0.3 is 15.2 Å².